The van der Waals surface area contributed by atoms with E-state index in [9.17, 15) is 4.79 Å². The summed E-state index contributed by atoms with van der Waals surface area (Å²) in [6, 6.07) is 11.1. The number of allylic oxidation sites excluding steroid dienone is 1. The van der Waals surface area contributed by atoms with Crippen LogP contribution in [0.1, 0.15) is 15.9 Å². The highest BCUT2D eigenvalue weighted by atomic mass is 32.2. The van der Waals surface area contributed by atoms with Gasteiger partial charge in [0, 0.05) is 0 Å². The van der Waals surface area contributed by atoms with Crippen molar-refractivity contribution in [2.24, 2.45) is 0 Å². The number of ether oxygens (including phenoxy) is 3. The molecular formula is C18H16O4S. The molecule has 0 N–H and O–H groups in total. The van der Waals surface area contributed by atoms with Crippen LogP contribution < -0.4 is 14.2 Å². The Hall–Kier alpha value is -2.40. The van der Waals surface area contributed by atoms with E-state index in [1.807, 2.05) is 30.3 Å². The molecule has 3 rings (SSSR count). The lowest BCUT2D eigenvalue weighted by Crippen LogP contribution is -2.01. The highest BCUT2D eigenvalue weighted by Gasteiger charge is 2.24. The van der Waals surface area contributed by atoms with Gasteiger partial charge in [-0.2, -0.15) is 0 Å². The van der Waals surface area contributed by atoms with Crippen molar-refractivity contribution in [2.45, 2.75) is 4.90 Å². The van der Waals surface area contributed by atoms with Gasteiger partial charge in [0.25, 0.3) is 0 Å². The smallest absolute Gasteiger partial charge is 0.190 e. The summed E-state index contributed by atoms with van der Waals surface area (Å²) in [6.45, 7) is 0. The zero-order chi connectivity index (χ0) is 16.2. The highest BCUT2D eigenvalue weighted by molar-refractivity contribution is 7.99. The Bertz CT molecular complexity index is 750. The number of carbonyl (C=O) groups is 1. The summed E-state index contributed by atoms with van der Waals surface area (Å²) in [5, 5.41) is 0. The molecule has 5 heteroatoms. The molecule has 2 aromatic carbocycles. The zero-order valence-electron chi connectivity index (χ0n) is 12.9. The van der Waals surface area contributed by atoms with Gasteiger partial charge in [-0.05, 0) is 35.9 Å². The van der Waals surface area contributed by atoms with E-state index in [2.05, 4.69) is 0 Å². The summed E-state index contributed by atoms with van der Waals surface area (Å²) in [4.78, 5) is 13.5. The minimum atomic E-state index is -0.104. The molecule has 0 aromatic heterocycles. The Morgan fingerprint density at radius 2 is 1.91 bits per heavy atom. The SMILES string of the molecule is COc1ccc(/C=C/C(=O)c2c(OC)ccc3c2SCO3)cc1. The monoisotopic (exact) mass is 328 g/mol. The van der Waals surface area contributed by atoms with Crippen molar-refractivity contribution in [1.82, 2.24) is 0 Å². The van der Waals surface area contributed by atoms with Crippen molar-refractivity contribution < 1.29 is 19.0 Å². The van der Waals surface area contributed by atoms with Gasteiger partial charge in [0.1, 0.15) is 23.2 Å². The second-order valence-electron chi connectivity index (χ2n) is 4.85. The topological polar surface area (TPSA) is 44.8 Å². The Labute approximate surface area is 139 Å². The first-order chi connectivity index (χ1) is 11.2. The second kappa shape index (κ2) is 6.79. The van der Waals surface area contributed by atoms with Crippen molar-refractivity contribution >= 4 is 23.6 Å². The molecule has 23 heavy (non-hydrogen) atoms. The third kappa shape index (κ3) is 3.19. The van der Waals surface area contributed by atoms with Gasteiger partial charge in [-0.3, -0.25) is 4.79 Å². The molecule has 0 fully saturated rings. The summed E-state index contributed by atoms with van der Waals surface area (Å²) in [5.41, 5.74) is 1.48. The van der Waals surface area contributed by atoms with Crippen LogP contribution in [0.2, 0.25) is 0 Å². The summed E-state index contributed by atoms with van der Waals surface area (Å²) in [7, 11) is 3.18. The van der Waals surface area contributed by atoms with Gasteiger partial charge in [-0.25, -0.2) is 0 Å². The van der Waals surface area contributed by atoms with Gasteiger partial charge in [-0.1, -0.05) is 30.0 Å². The second-order valence-corrected chi connectivity index (χ2v) is 5.78. The first kappa shape index (κ1) is 15.5. The molecule has 0 radical (unpaired) electrons. The molecule has 0 spiro atoms. The number of rotatable bonds is 5. The van der Waals surface area contributed by atoms with E-state index in [1.165, 1.54) is 11.8 Å². The van der Waals surface area contributed by atoms with Crippen LogP contribution in [-0.4, -0.2) is 25.9 Å². The average molecular weight is 328 g/mol. The first-order valence-corrected chi connectivity index (χ1v) is 8.04. The summed E-state index contributed by atoms with van der Waals surface area (Å²) in [5.74, 6) is 2.49. The normalized spacial score (nSPS) is 12.8. The maximum Gasteiger partial charge on any atom is 0.190 e. The number of hydrogen-bond acceptors (Lipinski definition) is 5. The Morgan fingerprint density at radius 3 is 2.61 bits per heavy atom. The predicted molar refractivity (Wildman–Crippen MR) is 90.7 cm³/mol. The van der Waals surface area contributed by atoms with E-state index in [0.29, 0.717) is 17.3 Å². The summed E-state index contributed by atoms with van der Waals surface area (Å²) < 4.78 is 15.9. The molecule has 0 unspecified atom stereocenters. The van der Waals surface area contributed by atoms with E-state index in [1.54, 1.807) is 32.4 Å². The fourth-order valence-corrected chi connectivity index (χ4v) is 3.25. The van der Waals surface area contributed by atoms with Gasteiger partial charge in [0.15, 0.2) is 5.78 Å². The van der Waals surface area contributed by atoms with Gasteiger partial charge in [-0.15, -0.1) is 0 Å². The fraction of sp³-hybridized carbons (Fsp3) is 0.167. The lowest BCUT2D eigenvalue weighted by atomic mass is 10.1. The van der Waals surface area contributed by atoms with Gasteiger partial charge in [0.2, 0.25) is 0 Å². The number of methoxy groups -OCH3 is 2. The largest absolute Gasteiger partial charge is 0.497 e. The van der Waals surface area contributed by atoms with Crippen LogP contribution in [0.25, 0.3) is 6.08 Å². The molecule has 1 heterocycles. The van der Waals surface area contributed by atoms with Crippen molar-refractivity contribution in [3.05, 3.63) is 53.6 Å². The van der Waals surface area contributed by atoms with Crippen LogP contribution in [0.15, 0.2) is 47.4 Å². The van der Waals surface area contributed by atoms with Crippen LogP contribution in [0.3, 0.4) is 0 Å². The van der Waals surface area contributed by atoms with Crippen molar-refractivity contribution in [3.8, 4) is 17.2 Å². The third-order valence-electron chi connectivity index (χ3n) is 3.51. The standard InChI is InChI=1S/C18H16O4S/c1-20-13-6-3-12(4-7-13)5-8-14(19)17-15(21-2)9-10-16-18(17)23-11-22-16/h3-10H,11H2,1-2H3/b8-5+. The lowest BCUT2D eigenvalue weighted by Gasteiger charge is -2.09. The van der Waals surface area contributed by atoms with E-state index in [0.717, 1.165) is 22.0 Å². The Balaban J connectivity index is 1.88. The van der Waals surface area contributed by atoms with Crippen LogP contribution >= 0.6 is 11.8 Å². The van der Waals surface area contributed by atoms with Crippen LogP contribution in [0.4, 0.5) is 0 Å². The molecule has 1 aliphatic heterocycles. The molecule has 4 nitrogen and oxygen atoms in total. The molecule has 0 bridgehead atoms. The summed E-state index contributed by atoms with van der Waals surface area (Å²) in [6.07, 6.45) is 3.33. The van der Waals surface area contributed by atoms with Crippen LogP contribution in [0, 0.1) is 0 Å². The molecule has 2 aromatic rings. The van der Waals surface area contributed by atoms with Crippen LogP contribution in [0.5, 0.6) is 17.2 Å². The van der Waals surface area contributed by atoms with Crippen LogP contribution in [-0.2, 0) is 0 Å². The van der Waals surface area contributed by atoms with E-state index < -0.39 is 0 Å². The van der Waals surface area contributed by atoms with E-state index >= 15 is 0 Å². The third-order valence-corrected chi connectivity index (χ3v) is 4.44. The molecule has 0 atom stereocenters. The Kier molecular flexibility index (Phi) is 4.57. The molecular weight excluding hydrogens is 312 g/mol. The van der Waals surface area contributed by atoms with Crippen molar-refractivity contribution in [3.63, 3.8) is 0 Å². The van der Waals surface area contributed by atoms with Gasteiger partial charge < -0.3 is 14.2 Å². The zero-order valence-corrected chi connectivity index (χ0v) is 13.7. The molecule has 118 valence electrons. The highest BCUT2D eigenvalue weighted by Crippen LogP contribution is 2.43. The maximum atomic E-state index is 12.6. The number of thioether (sulfide) groups is 1. The predicted octanol–water partition coefficient (Wildman–Crippen LogP) is 4.04. The molecule has 0 saturated carbocycles. The molecule has 0 saturated heterocycles. The minimum Gasteiger partial charge on any atom is -0.497 e. The minimum absolute atomic E-state index is 0.104. The number of hydrogen-bond donors (Lipinski definition) is 0. The molecule has 1 aliphatic rings. The van der Waals surface area contributed by atoms with E-state index in [-0.39, 0.29) is 5.78 Å². The van der Waals surface area contributed by atoms with Gasteiger partial charge in [0.05, 0.1) is 24.7 Å². The summed E-state index contributed by atoms with van der Waals surface area (Å²) >= 11 is 1.51. The average Bonchev–Trinajstić information content (AvgIpc) is 3.07. The maximum absolute atomic E-state index is 12.6. The molecule has 0 aliphatic carbocycles. The van der Waals surface area contributed by atoms with Crippen molar-refractivity contribution in [2.75, 3.05) is 20.2 Å². The number of ketones is 1. The van der Waals surface area contributed by atoms with Gasteiger partial charge >= 0.3 is 0 Å². The molecule has 0 amide bonds. The fourth-order valence-electron chi connectivity index (χ4n) is 2.33. The number of benzene rings is 2. The Morgan fingerprint density at radius 1 is 1.13 bits per heavy atom. The number of fused-ring (bicyclic) bond motifs is 1. The van der Waals surface area contributed by atoms with Crippen molar-refractivity contribution in [1.29, 1.82) is 0 Å². The first-order valence-electron chi connectivity index (χ1n) is 7.06. The van der Waals surface area contributed by atoms with E-state index in [4.69, 9.17) is 14.2 Å². The lowest BCUT2D eigenvalue weighted by molar-refractivity contribution is 0.104. The quantitative estimate of drug-likeness (QED) is 0.612. The number of carbonyl (C=O) groups excluding carboxylic acids is 1.